The fraction of sp³-hybridized carbons (Fsp3) is 0.800. The minimum Gasteiger partial charge on any atom is -0.466 e. The Kier molecular flexibility index (Phi) is 17.0. The molecule has 0 bridgehead atoms. The lowest BCUT2D eigenvalue weighted by Crippen LogP contribution is -2.11. The average Bonchev–Trinajstić information content (AvgIpc) is 2.58. The first-order valence-electron chi connectivity index (χ1n) is 9.66. The van der Waals surface area contributed by atoms with Gasteiger partial charge in [0.2, 0.25) is 0 Å². The van der Waals surface area contributed by atoms with Crippen LogP contribution < -0.4 is 0 Å². The molecule has 0 N–H and O–H groups in total. The van der Waals surface area contributed by atoms with Crippen molar-refractivity contribution in [3.63, 3.8) is 0 Å². The largest absolute Gasteiger partial charge is 0.466 e. The monoisotopic (exact) mass is 340 g/mol. The molecule has 0 fully saturated rings. The van der Waals surface area contributed by atoms with Crippen molar-refractivity contribution in [3.8, 4) is 0 Å². The van der Waals surface area contributed by atoms with E-state index in [0.29, 0.717) is 13.2 Å². The van der Waals surface area contributed by atoms with Crippen LogP contribution in [0.1, 0.15) is 90.9 Å². The van der Waals surface area contributed by atoms with Crippen molar-refractivity contribution in [2.45, 2.75) is 90.9 Å². The van der Waals surface area contributed by atoms with Crippen molar-refractivity contribution in [1.29, 1.82) is 0 Å². The second-order valence-electron chi connectivity index (χ2n) is 6.08. The van der Waals surface area contributed by atoms with Crippen LogP contribution in [-0.4, -0.2) is 25.2 Å². The minimum absolute atomic E-state index is 0.105. The van der Waals surface area contributed by atoms with E-state index in [1.807, 2.05) is 12.2 Å². The predicted octanol–water partition coefficient (Wildman–Crippen LogP) is 5.35. The summed E-state index contributed by atoms with van der Waals surface area (Å²) in [5.74, 6) is -0.635. The van der Waals surface area contributed by atoms with Crippen molar-refractivity contribution < 1.29 is 19.1 Å². The molecule has 24 heavy (non-hydrogen) atoms. The molecular formula is C20H36O4. The molecule has 0 aromatic heterocycles. The second kappa shape index (κ2) is 18.0. The topological polar surface area (TPSA) is 52.6 Å². The summed E-state index contributed by atoms with van der Waals surface area (Å²) in [4.78, 5) is 23.0. The fourth-order valence-corrected chi connectivity index (χ4v) is 2.30. The Morgan fingerprint density at radius 1 is 0.708 bits per heavy atom. The van der Waals surface area contributed by atoms with E-state index in [9.17, 15) is 9.59 Å². The van der Waals surface area contributed by atoms with E-state index >= 15 is 0 Å². The third kappa shape index (κ3) is 17.0. The van der Waals surface area contributed by atoms with Gasteiger partial charge in [-0.15, -0.1) is 0 Å². The van der Waals surface area contributed by atoms with E-state index in [1.54, 1.807) is 0 Å². The predicted molar refractivity (Wildman–Crippen MR) is 97.8 cm³/mol. The van der Waals surface area contributed by atoms with Crippen LogP contribution in [0, 0.1) is 0 Å². The molecule has 0 aromatic rings. The number of allylic oxidation sites excluding steroid dienone is 1. The molecule has 4 nitrogen and oxygen atoms in total. The Balaban J connectivity index is 3.37. The number of rotatable bonds is 16. The SMILES string of the molecule is CC/C=C\CCOC(=O)CCC(=O)OCCCCCCCCCC. The maximum atomic E-state index is 11.5. The van der Waals surface area contributed by atoms with Gasteiger partial charge in [-0.2, -0.15) is 0 Å². The number of carbonyl (C=O) groups excluding carboxylic acids is 2. The molecule has 0 aromatic carbocycles. The van der Waals surface area contributed by atoms with Crippen LogP contribution in [0.2, 0.25) is 0 Å². The van der Waals surface area contributed by atoms with E-state index in [1.165, 1.54) is 38.5 Å². The zero-order chi connectivity index (χ0) is 17.9. The van der Waals surface area contributed by atoms with E-state index < -0.39 is 0 Å². The summed E-state index contributed by atoms with van der Waals surface area (Å²) in [5.41, 5.74) is 0. The summed E-state index contributed by atoms with van der Waals surface area (Å²) in [7, 11) is 0. The Labute approximate surface area is 148 Å². The zero-order valence-electron chi connectivity index (χ0n) is 15.7. The van der Waals surface area contributed by atoms with Gasteiger partial charge in [0.25, 0.3) is 0 Å². The molecule has 0 aliphatic carbocycles. The third-order valence-electron chi connectivity index (χ3n) is 3.74. The molecule has 0 rings (SSSR count). The number of hydrogen-bond acceptors (Lipinski definition) is 4. The van der Waals surface area contributed by atoms with Crippen molar-refractivity contribution in [2.75, 3.05) is 13.2 Å². The van der Waals surface area contributed by atoms with E-state index in [4.69, 9.17) is 9.47 Å². The van der Waals surface area contributed by atoms with Crippen LogP contribution in [0.5, 0.6) is 0 Å². The number of carbonyl (C=O) groups is 2. The van der Waals surface area contributed by atoms with Crippen LogP contribution in [-0.2, 0) is 19.1 Å². The van der Waals surface area contributed by atoms with Crippen LogP contribution in [0.25, 0.3) is 0 Å². The van der Waals surface area contributed by atoms with Crippen LogP contribution >= 0.6 is 0 Å². The summed E-state index contributed by atoms with van der Waals surface area (Å²) in [6, 6.07) is 0. The molecule has 0 spiro atoms. The molecule has 0 unspecified atom stereocenters. The molecule has 0 radical (unpaired) electrons. The van der Waals surface area contributed by atoms with Gasteiger partial charge in [-0.1, -0.05) is 70.9 Å². The van der Waals surface area contributed by atoms with Crippen LogP contribution in [0.3, 0.4) is 0 Å². The summed E-state index contributed by atoms with van der Waals surface area (Å²) in [5, 5.41) is 0. The Morgan fingerprint density at radius 2 is 1.25 bits per heavy atom. The maximum absolute atomic E-state index is 11.5. The first kappa shape index (κ1) is 22.7. The lowest BCUT2D eigenvalue weighted by Gasteiger charge is -2.05. The lowest BCUT2D eigenvalue weighted by molar-refractivity contribution is -0.150. The summed E-state index contributed by atoms with van der Waals surface area (Å²) in [6.45, 7) is 5.12. The Hall–Kier alpha value is -1.32. The smallest absolute Gasteiger partial charge is 0.306 e. The highest BCUT2D eigenvalue weighted by molar-refractivity contribution is 5.77. The van der Waals surface area contributed by atoms with Gasteiger partial charge in [-0.05, 0) is 19.3 Å². The fourth-order valence-electron chi connectivity index (χ4n) is 2.30. The van der Waals surface area contributed by atoms with Crippen molar-refractivity contribution in [2.24, 2.45) is 0 Å². The van der Waals surface area contributed by atoms with Gasteiger partial charge in [0.05, 0.1) is 26.1 Å². The van der Waals surface area contributed by atoms with Gasteiger partial charge < -0.3 is 9.47 Å². The highest BCUT2D eigenvalue weighted by Crippen LogP contribution is 2.08. The first-order chi connectivity index (χ1) is 11.7. The Bertz CT molecular complexity index is 337. The molecule has 0 heterocycles. The number of esters is 2. The summed E-state index contributed by atoms with van der Waals surface area (Å²) < 4.78 is 10.2. The third-order valence-corrected chi connectivity index (χ3v) is 3.74. The standard InChI is InChI=1S/C20H36O4/c1-3-5-7-9-10-11-12-14-18-24-20(22)16-15-19(21)23-17-13-8-6-4-2/h6,8H,3-5,7,9-18H2,1-2H3/b8-6-. The highest BCUT2D eigenvalue weighted by atomic mass is 16.5. The molecule has 0 atom stereocenters. The molecule has 140 valence electrons. The molecular weight excluding hydrogens is 304 g/mol. The van der Waals surface area contributed by atoms with E-state index in [-0.39, 0.29) is 24.8 Å². The molecule has 0 aliphatic heterocycles. The van der Waals surface area contributed by atoms with Crippen molar-refractivity contribution in [1.82, 2.24) is 0 Å². The van der Waals surface area contributed by atoms with Gasteiger partial charge in [-0.3, -0.25) is 9.59 Å². The second-order valence-corrected chi connectivity index (χ2v) is 6.08. The maximum Gasteiger partial charge on any atom is 0.306 e. The summed E-state index contributed by atoms with van der Waals surface area (Å²) >= 11 is 0. The number of unbranched alkanes of at least 4 members (excludes halogenated alkanes) is 7. The van der Waals surface area contributed by atoms with Gasteiger partial charge >= 0.3 is 11.9 Å². The average molecular weight is 341 g/mol. The molecule has 0 saturated heterocycles. The normalized spacial score (nSPS) is 10.9. The lowest BCUT2D eigenvalue weighted by atomic mass is 10.1. The molecule has 0 saturated carbocycles. The van der Waals surface area contributed by atoms with Crippen molar-refractivity contribution in [3.05, 3.63) is 12.2 Å². The first-order valence-corrected chi connectivity index (χ1v) is 9.66. The molecule has 0 aliphatic rings. The van der Waals surface area contributed by atoms with E-state index in [2.05, 4.69) is 13.8 Å². The molecule has 0 amide bonds. The van der Waals surface area contributed by atoms with Crippen molar-refractivity contribution >= 4 is 11.9 Å². The van der Waals surface area contributed by atoms with E-state index in [0.717, 1.165) is 25.7 Å². The van der Waals surface area contributed by atoms with Gasteiger partial charge in [0.15, 0.2) is 0 Å². The van der Waals surface area contributed by atoms with Gasteiger partial charge in [0.1, 0.15) is 0 Å². The number of hydrogen-bond donors (Lipinski definition) is 0. The quantitative estimate of drug-likeness (QED) is 0.216. The van der Waals surface area contributed by atoms with Crippen LogP contribution in [0.15, 0.2) is 12.2 Å². The Morgan fingerprint density at radius 3 is 1.83 bits per heavy atom. The number of ether oxygens (including phenoxy) is 2. The van der Waals surface area contributed by atoms with Gasteiger partial charge in [-0.25, -0.2) is 0 Å². The highest BCUT2D eigenvalue weighted by Gasteiger charge is 2.08. The minimum atomic E-state index is -0.330. The van der Waals surface area contributed by atoms with Gasteiger partial charge in [0, 0.05) is 0 Å². The summed E-state index contributed by atoms with van der Waals surface area (Å²) in [6.07, 6.45) is 15.7. The molecule has 4 heteroatoms. The van der Waals surface area contributed by atoms with Crippen LogP contribution in [0.4, 0.5) is 0 Å². The zero-order valence-corrected chi connectivity index (χ0v) is 15.7.